The van der Waals surface area contributed by atoms with E-state index in [0.717, 1.165) is 37.4 Å². The Hall–Kier alpha value is -0.970. The number of carbonyl (C=O) groups excluding carboxylic acids is 1. The van der Waals surface area contributed by atoms with Gasteiger partial charge in [0.2, 0.25) is 5.91 Å². The summed E-state index contributed by atoms with van der Waals surface area (Å²) in [5.74, 6) is 0.102. The molecule has 0 aliphatic carbocycles. The Morgan fingerprint density at radius 1 is 1.14 bits per heavy atom. The topological polar surface area (TPSA) is 44.4 Å². The van der Waals surface area contributed by atoms with Gasteiger partial charge in [-0.25, -0.2) is 0 Å². The summed E-state index contributed by atoms with van der Waals surface area (Å²) >= 11 is 0. The normalized spacial score (nSPS) is 13.8. The average Bonchev–Trinajstić information content (AvgIpc) is 2.49. The molecule has 0 bridgehead atoms. The molecule has 1 fully saturated rings. The number of hydrogen-bond donors (Lipinski definition) is 2. The lowest BCUT2D eigenvalue weighted by atomic mass is 10.1. The lowest BCUT2D eigenvalue weighted by Crippen LogP contribution is -2.30. The summed E-state index contributed by atoms with van der Waals surface area (Å²) in [7, 11) is 1.91. The van der Waals surface area contributed by atoms with Gasteiger partial charge in [-0.05, 0) is 51.4 Å². The Kier molecular flexibility index (Phi) is 11.1. The van der Waals surface area contributed by atoms with E-state index < -0.39 is 0 Å². The van der Waals surface area contributed by atoms with Crippen LogP contribution in [0.4, 0.5) is 11.4 Å². The van der Waals surface area contributed by atoms with Gasteiger partial charge < -0.3 is 15.5 Å². The van der Waals surface area contributed by atoms with Crippen LogP contribution >= 0.6 is 24.8 Å². The summed E-state index contributed by atoms with van der Waals surface area (Å²) < 4.78 is 0. The van der Waals surface area contributed by atoms with Gasteiger partial charge in [-0.1, -0.05) is 12.1 Å². The fraction of sp³-hybridized carbons (Fsp3) is 0.562. The molecule has 1 amide bonds. The van der Waals surface area contributed by atoms with Gasteiger partial charge in [0, 0.05) is 19.5 Å². The van der Waals surface area contributed by atoms with Gasteiger partial charge >= 0.3 is 0 Å². The van der Waals surface area contributed by atoms with Gasteiger partial charge in [-0.2, -0.15) is 0 Å². The molecule has 1 aromatic carbocycles. The number of amides is 1. The zero-order valence-electron chi connectivity index (χ0n) is 13.1. The molecule has 1 heterocycles. The highest BCUT2D eigenvalue weighted by atomic mass is 35.5. The molecule has 126 valence electrons. The zero-order valence-corrected chi connectivity index (χ0v) is 14.8. The van der Waals surface area contributed by atoms with Gasteiger partial charge in [-0.3, -0.25) is 4.79 Å². The third kappa shape index (κ3) is 6.42. The standard InChI is InChI=1S/C16H25N3O.2ClH/c1-17-11-7-10-16(20)18-14-8-3-4-9-15(14)19-12-5-2-6-13-19;;/h3-4,8-9,17H,2,5-7,10-13H2,1H3,(H,18,20);2*1H. The van der Waals surface area contributed by atoms with Crippen LogP contribution in [0.2, 0.25) is 0 Å². The van der Waals surface area contributed by atoms with Crippen LogP contribution in [-0.4, -0.2) is 32.6 Å². The minimum Gasteiger partial charge on any atom is -0.370 e. The molecule has 1 aliphatic heterocycles. The number of para-hydroxylation sites is 2. The maximum absolute atomic E-state index is 12.0. The van der Waals surface area contributed by atoms with E-state index in [-0.39, 0.29) is 30.7 Å². The molecule has 4 nitrogen and oxygen atoms in total. The maximum atomic E-state index is 12.0. The number of benzene rings is 1. The molecule has 1 aliphatic rings. The van der Waals surface area contributed by atoms with Crippen molar-refractivity contribution in [2.24, 2.45) is 0 Å². The molecule has 22 heavy (non-hydrogen) atoms. The number of rotatable bonds is 6. The quantitative estimate of drug-likeness (QED) is 0.774. The largest absolute Gasteiger partial charge is 0.370 e. The van der Waals surface area contributed by atoms with Crippen molar-refractivity contribution in [3.63, 3.8) is 0 Å². The van der Waals surface area contributed by atoms with Crippen LogP contribution < -0.4 is 15.5 Å². The first-order valence-corrected chi connectivity index (χ1v) is 7.59. The number of carbonyl (C=O) groups is 1. The fourth-order valence-corrected chi connectivity index (χ4v) is 2.63. The van der Waals surface area contributed by atoms with Crippen molar-refractivity contribution >= 4 is 42.1 Å². The van der Waals surface area contributed by atoms with E-state index in [1.807, 2.05) is 25.2 Å². The monoisotopic (exact) mass is 347 g/mol. The molecule has 2 rings (SSSR count). The molecular weight excluding hydrogens is 321 g/mol. The van der Waals surface area contributed by atoms with Crippen molar-refractivity contribution in [1.82, 2.24) is 5.32 Å². The molecule has 6 heteroatoms. The van der Waals surface area contributed by atoms with Crippen molar-refractivity contribution in [3.8, 4) is 0 Å². The third-order valence-electron chi connectivity index (χ3n) is 3.71. The van der Waals surface area contributed by atoms with E-state index in [0.29, 0.717) is 6.42 Å². The molecule has 0 radical (unpaired) electrons. The predicted octanol–water partition coefficient (Wildman–Crippen LogP) is 3.46. The van der Waals surface area contributed by atoms with Gasteiger partial charge in [0.15, 0.2) is 0 Å². The molecule has 0 unspecified atom stereocenters. The van der Waals surface area contributed by atoms with Crippen LogP contribution in [-0.2, 0) is 4.79 Å². The summed E-state index contributed by atoms with van der Waals surface area (Å²) in [5, 5.41) is 6.12. The van der Waals surface area contributed by atoms with Gasteiger partial charge in [0.25, 0.3) is 0 Å². The molecule has 0 atom stereocenters. The van der Waals surface area contributed by atoms with Crippen molar-refractivity contribution in [2.75, 3.05) is 36.9 Å². The van der Waals surface area contributed by atoms with Crippen molar-refractivity contribution in [1.29, 1.82) is 0 Å². The first kappa shape index (κ1) is 21.0. The second kappa shape index (κ2) is 11.6. The summed E-state index contributed by atoms with van der Waals surface area (Å²) in [5.41, 5.74) is 2.11. The minimum atomic E-state index is 0. The average molecular weight is 348 g/mol. The SMILES string of the molecule is CNCCCC(=O)Nc1ccccc1N1CCCCC1.Cl.Cl. The number of halogens is 2. The summed E-state index contributed by atoms with van der Waals surface area (Å²) in [6.45, 7) is 3.06. The van der Waals surface area contributed by atoms with E-state index in [9.17, 15) is 4.79 Å². The summed E-state index contributed by atoms with van der Waals surface area (Å²) in [4.78, 5) is 14.3. The van der Waals surface area contributed by atoms with E-state index in [1.54, 1.807) is 0 Å². The second-order valence-corrected chi connectivity index (χ2v) is 5.32. The molecule has 0 aromatic heterocycles. The van der Waals surface area contributed by atoms with E-state index >= 15 is 0 Å². The van der Waals surface area contributed by atoms with Crippen molar-refractivity contribution < 1.29 is 4.79 Å². The van der Waals surface area contributed by atoms with Crippen LogP contribution in [0.3, 0.4) is 0 Å². The second-order valence-electron chi connectivity index (χ2n) is 5.32. The van der Waals surface area contributed by atoms with Crippen molar-refractivity contribution in [2.45, 2.75) is 32.1 Å². The van der Waals surface area contributed by atoms with E-state index in [2.05, 4.69) is 21.6 Å². The number of anilines is 2. The molecule has 1 saturated heterocycles. The van der Waals surface area contributed by atoms with Crippen LogP contribution in [0.15, 0.2) is 24.3 Å². The van der Waals surface area contributed by atoms with Crippen LogP contribution in [0.25, 0.3) is 0 Å². The number of piperidine rings is 1. The lowest BCUT2D eigenvalue weighted by molar-refractivity contribution is -0.116. The first-order chi connectivity index (χ1) is 9.81. The molecule has 0 spiro atoms. The molecular formula is C16H27Cl2N3O. The number of hydrogen-bond acceptors (Lipinski definition) is 3. The molecule has 2 N–H and O–H groups in total. The van der Waals surface area contributed by atoms with Gasteiger partial charge in [0.05, 0.1) is 11.4 Å². The minimum absolute atomic E-state index is 0. The third-order valence-corrected chi connectivity index (χ3v) is 3.71. The highest BCUT2D eigenvalue weighted by molar-refractivity contribution is 5.94. The number of nitrogens with zero attached hydrogens (tertiary/aromatic N) is 1. The summed E-state index contributed by atoms with van der Waals surface area (Å²) in [6, 6.07) is 8.13. The zero-order chi connectivity index (χ0) is 14.2. The number of nitrogens with one attached hydrogen (secondary N) is 2. The Labute approximate surface area is 145 Å². The lowest BCUT2D eigenvalue weighted by Gasteiger charge is -2.30. The Morgan fingerprint density at radius 2 is 1.82 bits per heavy atom. The first-order valence-electron chi connectivity index (χ1n) is 7.59. The van der Waals surface area contributed by atoms with Crippen LogP contribution in [0.1, 0.15) is 32.1 Å². The maximum Gasteiger partial charge on any atom is 0.224 e. The van der Waals surface area contributed by atoms with E-state index in [1.165, 1.54) is 19.3 Å². The smallest absolute Gasteiger partial charge is 0.224 e. The van der Waals surface area contributed by atoms with Crippen LogP contribution in [0.5, 0.6) is 0 Å². The predicted molar refractivity (Wildman–Crippen MR) is 98.8 cm³/mol. The highest BCUT2D eigenvalue weighted by Gasteiger charge is 2.15. The van der Waals surface area contributed by atoms with Crippen LogP contribution in [0, 0.1) is 0 Å². The van der Waals surface area contributed by atoms with Gasteiger partial charge in [0.1, 0.15) is 0 Å². The Balaban J connectivity index is 0.00000220. The fourth-order valence-electron chi connectivity index (χ4n) is 2.63. The highest BCUT2D eigenvalue weighted by Crippen LogP contribution is 2.28. The van der Waals surface area contributed by atoms with E-state index in [4.69, 9.17) is 0 Å². The molecule has 0 saturated carbocycles. The van der Waals surface area contributed by atoms with Crippen molar-refractivity contribution in [3.05, 3.63) is 24.3 Å². The Morgan fingerprint density at radius 3 is 2.50 bits per heavy atom. The molecule has 1 aromatic rings. The Bertz CT molecular complexity index is 437. The van der Waals surface area contributed by atoms with Gasteiger partial charge in [-0.15, -0.1) is 24.8 Å². The summed E-state index contributed by atoms with van der Waals surface area (Å²) in [6.07, 6.45) is 5.23.